The standard InChI is InChI=1S/C23H29N3O2/c1-5-25(22-11-7-6-9-17(22)2)13-12-24-23(27)21-15-18(3)26(19(21)4)16-20-10-8-14-28-20/h6-11,14-15H,5,12-13,16H2,1-4H3,(H,24,27). The van der Waals surface area contributed by atoms with Crippen LogP contribution in [-0.4, -0.2) is 30.1 Å². The SMILES string of the molecule is CCN(CCNC(=O)c1cc(C)n(Cc2ccco2)c1C)c1ccccc1C. The number of aryl methyl sites for hydroxylation is 2. The fraction of sp³-hybridized carbons (Fsp3) is 0.348. The zero-order chi connectivity index (χ0) is 20.1. The number of nitrogens with zero attached hydrogens (tertiary/aromatic N) is 2. The number of hydrogen-bond donors (Lipinski definition) is 1. The molecule has 0 saturated carbocycles. The molecule has 0 radical (unpaired) electrons. The first-order valence-corrected chi connectivity index (χ1v) is 9.79. The van der Waals surface area contributed by atoms with Gasteiger partial charge in [0, 0.05) is 36.7 Å². The maximum absolute atomic E-state index is 12.7. The molecule has 1 amide bonds. The monoisotopic (exact) mass is 379 g/mol. The van der Waals surface area contributed by atoms with Crippen molar-refractivity contribution >= 4 is 11.6 Å². The lowest BCUT2D eigenvalue weighted by molar-refractivity contribution is 0.0954. The maximum Gasteiger partial charge on any atom is 0.253 e. The molecular formula is C23H29N3O2. The summed E-state index contributed by atoms with van der Waals surface area (Å²) >= 11 is 0. The van der Waals surface area contributed by atoms with E-state index in [4.69, 9.17) is 4.42 Å². The number of hydrogen-bond acceptors (Lipinski definition) is 3. The Bertz CT molecular complexity index is 925. The van der Waals surface area contributed by atoms with E-state index in [9.17, 15) is 4.79 Å². The number of aromatic nitrogens is 1. The van der Waals surface area contributed by atoms with Crippen LogP contribution in [0.4, 0.5) is 5.69 Å². The van der Waals surface area contributed by atoms with Gasteiger partial charge in [-0.05, 0) is 57.5 Å². The number of likely N-dealkylation sites (N-methyl/N-ethyl adjacent to an activating group) is 1. The summed E-state index contributed by atoms with van der Waals surface area (Å²) < 4.78 is 7.56. The Morgan fingerprint density at radius 1 is 1.14 bits per heavy atom. The third-order valence-corrected chi connectivity index (χ3v) is 5.22. The molecule has 28 heavy (non-hydrogen) atoms. The van der Waals surface area contributed by atoms with Crippen molar-refractivity contribution < 1.29 is 9.21 Å². The summed E-state index contributed by atoms with van der Waals surface area (Å²) in [5.41, 5.74) is 5.20. The van der Waals surface area contributed by atoms with Gasteiger partial charge in [-0.1, -0.05) is 18.2 Å². The second-order valence-corrected chi connectivity index (χ2v) is 7.07. The average Bonchev–Trinajstić information content (AvgIpc) is 3.30. The second-order valence-electron chi connectivity index (χ2n) is 7.07. The number of anilines is 1. The molecule has 3 rings (SSSR count). The molecule has 0 aliphatic heterocycles. The average molecular weight is 380 g/mol. The Hall–Kier alpha value is -2.95. The van der Waals surface area contributed by atoms with Crippen LogP contribution in [0.25, 0.3) is 0 Å². The summed E-state index contributed by atoms with van der Waals surface area (Å²) in [6, 6.07) is 14.1. The normalized spacial score (nSPS) is 10.9. The molecular weight excluding hydrogens is 350 g/mol. The number of carbonyl (C=O) groups is 1. The topological polar surface area (TPSA) is 50.4 Å². The number of carbonyl (C=O) groups excluding carboxylic acids is 1. The van der Waals surface area contributed by atoms with Crippen LogP contribution in [0.15, 0.2) is 53.1 Å². The van der Waals surface area contributed by atoms with Gasteiger partial charge in [0.05, 0.1) is 18.4 Å². The summed E-state index contributed by atoms with van der Waals surface area (Å²) in [5.74, 6) is 0.852. The summed E-state index contributed by atoms with van der Waals surface area (Å²) in [4.78, 5) is 15.0. The minimum atomic E-state index is -0.0281. The Balaban J connectivity index is 1.63. The van der Waals surface area contributed by atoms with Gasteiger partial charge in [-0.15, -0.1) is 0 Å². The van der Waals surface area contributed by atoms with E-state index >= 15 is 0 Å². The Morgan fingerprint density at radius 3 is 2.61 bits per heavy atom. The van der Waals surface area contributed by atoms with Gasteiger partial charge >= 0.3 is 0 Å². The fourth-order valence-corrected chi connectivity index (χ4v) is 3.60. The number of furan rings is 1. The molecule has 0 unspecified atom stereocenters. The number of benzene rings is 1. The third-order valence-electron chi connectivity index (χ3n) is 5.22. The van der Waals surface area contributed by atoms with Crippen molar-refractivity contribution in [2.45, 2.75) is 34.2 Å². The van der Waals surface area contributed by atoms with Gasteiger partial charge in [0.1, 0.15) is 5.76 Å². The first-order chi connectivity index (χ1) is 13.5. The lowest BCUT2D eigenvalue weighted by Gasteiger charge is -2.25. The van der Waals surface area contributed by atoms with Crippen molar-refractivity contribution in [1.29, 1.82) is 0 Å². The van der Waals surface area contributed by atoms with E-state index in [1.165, 1.54) is 11.3 Å². The second kappa shape index (κ2) is 8.83. The van der Waals surface area contributed by atoms with Crippen LogP contribution in [0.1, 0.15) is 40.0 Å². The molecule has 1 aromatic carbocycles. The Kier molecular flexibility index (Phi) is 6.24. The smallest absolute Gasteiger partial charge is 0.253 e. The number of amides is 1. The van der Waals surface area contributed by atoms with Gasteiger partial charge in [0.2, 0.25) is 0 Å². The molecule has 0 saturated heterocycles. The lowest BCUT2D eigenvalue weighted by atomic mass is 10.2. The Labute approximate surface area is 167 Å². The van der Waals surface area contributed by atoms with Gasteiger partial charge in [-0.2, -0.15) is 0 Å². The molecule has 3 aromatic rings. The molecule has 5 nitrogen and oxygen atoms in total. The quantitative estimate of drug-likeness (QED) is 0.634. The van der Waals surface area contributed by atoms with Crippen molar-refractivity contribution in [3.63, 3.8) is 0 Å². The van der Waals surface area contributed by atoms with Crippen LogP contribution in [0.5, 0.6) is 0 Å². The summed E-state index contributed by atoms with van der Waals surface area (Å²) in [6.07, 6.45) is 1.67. The minimum absolute atomic E-state index is 0.0281. The highest BCUT2D eigenvalue weighted by Crippen LogP contribution is 2.19. The highest BCUT2D eigenvalue weighted by atomic mass is 16.3. The van der Waals surface area contributed by atoms with Crippen LogP contribution >= 0.6 is 0 Å². The van der Waals surface area contributed by atoms with Crippen molar-refractivity contribution in [1.82, 2.24) is 9.88 Å². The highest BCUT2D eigenvalue weighted by Gasteiger charge is 2.16. The van der Waals surface area contributed by atoms with E-state index in [1.54, 1.807) is 6.26 Å². The van der Waals surface area contributed by atoms with Gasteiger partial charge in [-0.3, -0.25) is 4.79 Å². The van der Waals surface area contributed by atoms with Gasteiger partial charge in [0.25, 0.3) is 5.91 Å². The maximum atomic E-state index is 12.7. The van der Waals surface area contributed by atoms with Crippen molar-refractivity contribution in [2.75, 3.05) is 24.5 Å². The largest absolute Gasteiger partial charge is 0.467 e. The van der Waals surface area contributed by atoms with Gasteiger partial charge in [-0.25, -0.2) is 0 Å². The molecule has 2 aromatic heterocycles. The molecule has 0 spiro atoms. The lowest BCUT2D eigenvalue weighted by Crippen LogP contribution is -2.35. The number of para-hydroxylation sites is 1. The van der Waals surface area contributed by atoms with Crippen LogP contribution in [0.2, 0.25) is 0 Å². The first-order valence-electron chi connectivity index (χ1n) is 9.79. The molecule has 0 fully saturated rings. The molecule has 2 heterocycles. The molecule has 0 atom stereocenters. The van der Waals surface area contributed by atoms with Crippen LogP contribution in [0.3, 0.4) is 0 Å². The summed E-state index contributed by atoms with van der Waals surface area (Å²) in [6.45, 7) is 11.2. The van der Waals surface area contributed by atoms with Crippen LogP contribution in [0, 0.1) is 20.8 Å². The molecule has 0 bridgehead atoms. The van der Waals surface area contributed by atoms with E-state index in [0.29, 0.717) is 13.1 Å². The van der Waals surface area contributed by atoms with E-state index in [0.717, 1.165) is 35.8 Å². The predicted molar refractivity (Wildman–Crippen MR) is 113 cm³/mol. The Morgan fingerprint density at radius 2 is 1.93 bits per heavy atom. The van der Waals surface area contributed by atoms with Crippen LogP contribution < -0.4 is 10.2 Å². The van der Waals surface area contributed by atoms with Crippen molar-refractivity contribution in [3.05, 3.63) is 77.0 Å². The highest BCUT2D eigenvalue weighted by molar-refractivity contribution is 5.95. The molecule has 0 aliphatic carbocycles. The fourth-order valence-electron chi connectivity index (χ4n) is 3.60. The molecule has 1 N–H and O–H groups in total. The third kappa shape index (κ3) is 4.30. The van der Waals surface area contributed by atoms with Gasteiger partial charge < -0.3 is 19.2 Å². The van der Waals surface area contributed by atoms with E-state index in [1.807, 2.05) is 38.1 Å². The predicted octanol–water partition coefficient (Wildman–Crippen LogP) is 4.31. The van der Waals surface area contributed by atoms with Crippen LogP contribution in [-0.2, 0) is 6.54 Å². The zero-order valence-corrected chi connectivity index (χ0v) is 17.2. The summed E-state index contributed by atoms with van der Waals surface area (Å²) in [5, 5.41) is 3.08. The molecule has 148 valence electrons. The minimum Gasteiger partial charge on any atom is -0.467 e. The van der Waals surface area contributed by atoms with E-state index in [2.05, 4.69) is 46.8 Å². The van der Waals surface area contributed by atoms with Crippen molar-refractivity contribution in [3.8, 4) is 0 Å². The first kappa shape index (κ1) is 19.8. The van der Waals surface area contributed by atoms with E-state index in [-0.39, 0.29) is 5.91 Å². The van der Waals surface area contributed by atoms with Crippen molar-refractivity contribution in [2.24, 2.45) is 0 Å². The number of nitrogens with one attached hydrogen (secondary N) is 1. The molecule has 5 heteroatoms. The molecule has 0 aliphatic rings. The van der Waals surface area contributed by atoms with Gasteiger partial charge in [0.15, 0.2) is 0 Å². The zero-order valence-electron chi connectivity index (χ0n) is 17.2. The number of rotatable bonds is 8. The van der Waals surface area contributed by atoms with E-state index < -0.39 is 0 Å². The summed E-state index contributed by atoms with van der Waals surface area (Å²) in [7, 11) is 0.